The number of rotatable bonds is 7. The standard InChI is InChI=1S/C22H18ClN3O3S/c1-28-17-6-4-7-18(12-17)29-14-21(27)26(13-16-5-2-3-10-24-16)22-25-19-9-8-15(23)11-20(19)30-22/h2-12H,13-14H2,1H3. The molecular formula is C22H18ClN3O3S. The van der Waals surface area contributed by atoms with Crippen LogP contribution in [0.4, 0.5) is 5.13 Å². The highest BCUT2D eigenvalue weighted by Gasteiger charge is 2.21. The fraction of sp³-hybridized carbons (Fsp3) is 0.136. The van der Waals surface area contributed by atoms with E-state index in [1.807, 2.05) is 42.5 Å². The normalized spacial score (nSPS) is 10.7. The number of carbonyl (C=O) groups is 1. The zero-order chi connectivity index (χ0) is 20.9. The molecular weight excluding hydrogens is 422 g/mol. The predicted octanol–water partition coefficient (Wildman–Crippen LogP) is 4.97. The molecule has 0 fully saturated rings. The summed E-state index contributed by atoms with van der Waals surface area (Å²) in [5.41, 5.74) is 1.54. The van der Waals surface area contributed by atoms with Crippen LogP contribution in [0.5, 0.6) is 11.5 Å². The Morgan fingerprint density at radius 1 is 1.10 bits per heavy atom. The number of carbonyl (C=O) groups excluding carboxylic acids is 1. The molecule has 0 atom stereocenters. The Kier molecular flexibility index (Phi) is 6.11. The van der Waals surface area contributed by atoms with Crippen molar-refractivity contribution in [3.05, 3.63) is 77.6 Å². The van der Waals surface area contributed by atoms with E-state index in [4.69, 9.17) is 21.1 Å². The number of nitrogens with zero attached hydrogens (tertiary/aromatic N) is 3. The summed E-state index contributed by atoms with van der Waals surface area (Å²) in [5, 5.41) is 1.19. The van der Waals surface area contributed by atoms with Crippen molar-refractivity contribution in [2.24, 2.45) is 0 Å². The smallest absolute Gasteiger partial charge is 0.267 e. The molecule has 1 amide bonds. The van der Waals surface area contributed by atoms with Crippen LogP contribution in [0.15, 0.2) is 66.9 Å². The lowest BCUT2D eigenvalue weighted by molar-refractivity contribution is -0.120. The van der Waals surface area contributed by atoms with E-state index in [9.17, 15) is 4.79 Å². The Morgan fingerprint density at radius 3 is 2.77 bits per heavy atom. The summed E-state index contributed by atoms with van der Waals surface area (Å²) in [5.74, 6) is 0.985. The SMILES string of the molecule is COc1cccc(OCC(=O)N(Cc2ccccn2)c2nc3ccc(Cl)cc3s2)c1. The summed E-state index contributed by atoms with van der Waals surface area (Å²) in [4.78, 5) is 23.6. The quantitative estimate of drug-likeness (QED) is 0.407. The molecule has 152 valence electrons. The molecule has 0 aliphatic rings. The van der Waals surface area contributed by atoms with E-state index < -0.39 is 0 Å². The largest absolute Gasteiger partial charge is 0.497 e. The van der Waals surface area contributed by atoms with Gasteiger partial charge >= 0.3 is 0 Å². The van der Waals surface area contributed by atoms with E-state index in [2.05, 4.69) is 9.97 Å². The van der Waals surface area contributed by atoms with E-state index in [-0.39, 0.29) is 19.1 Å². The zero-order valence-corrected chi connectivity index (χ0v) is 17.7. The van der Waals surface area contributed by atoms with Crippen LogP contribution in [0.25, 0.3) is 10.2 Å². The number of anilines is 1. The molecule has 6 nitrogen and oxygen atoms in total. The summed E-state index contributed by atoms with van der Waals surface area (Å²) in [6, 6.07) is 18.2. The van der Waals surface area contributed by atoms with Gasteiger partial charge in [-0.05, 0) is 42.5 Å². The lowest BCUT2D eigenvalue weighted by atomic mass is 10.3. The average Bonchev–Trinajstić information content (AvgIpc) is 3.19. The summed E-state index contributed by atoms with van der Waals surface area (Å²) in [6.07, 6.45) is 1.70. The Hall–Kier alpha value is -3.16. The van der Waals surface area contributed by atoms with E-state index in [1.54, 1.807) is 36.4 Å². The van der Waals surface area contributed by atoms with Crippen molar-refractivity contribution < 1.29 is 14.3 Å². The number of aromatic nitrogens is 2. The minimum Gasteiger partial charge on any atom is -0.497 e. The number of amides is 1. The van der Waals surface area contributed by atoms with Gasteiger partial charge in [-0.15, -0.1) is 0 Å². The van der Waals surface area contributed by atoms with Crippen molar-refractivity contribution >= 4 is 44.2 Å². The molecule has 2 aromatic heterocycles. The third-order valence-corrected chi connectivity index (χ3v) is 5.60. The van der Waals surface area contributed by atoms with Crippen molar-refractivity contribution in [1.29, 1.82) is 0 Å². The molecule has 0 bridgehead atoms. The predicted molar refractivity (Wildman–Crippen MR) is 119 cm³/mol. The summed E-state index contributed by atoms with van der Waals surface area (Å²) in [6.45, 7) is 0.144. The Bertz CT molecular complexity index is 1170. The molecule has 0 aliphatic heterocycles. The van der Waals surface area contributed by atoms with E-state index in [0.717, 1.165) is 15.9 Å². The van der Waals surface area contributed by atoms with Gasteiger partial charge in [0.2, 0.25) is 0 Å². The van der Waals surface area contributed by atoms with Crippen LogP contribution in [0.1, 0.15) is 5.69 Å². The van der Waals surface area contributed by atoms with Crippen LogP contribution in [-0.4, -0.2) is 29.6 Å². The maximum atomic E-state index is 13.1. The molecule has 4 rings (SSSR count). The maximum Gasteiger partial charge on any atom is 0.267 e. The van der Waals surface area contributed by atoms with Gasteiger partial charge in [0, 0.05) is 17.3 Å². The van der Waals surface area contributed by atoms with Gasteiger partial charge in [-0.25, -0.2) is 4.98 Å². The zero-order valence-electron chi connectivity index (χ0n) is 16.1. The van der Waals surface area contributed by atoms with Crippen LogP contribution < -0.4 is 14.4 Å². The van der Waals surface area contributed by atoms with Gasteiger partial charge in [-0.1, -0.05) is 35.1 Å². The summed E-state index contributed by atoms with van der Waals surface area (Å²) >= 11 is 7.50. The minimum atomic E-state index is -0.228. The maximum absolute atomic E-state index is 13.1. The molecule has 8 heteroatoms. The number of pyridine rings is 1. The minimum absolute atomic E-state index is 0.142. The number of fused-ring (bicyclic) bond motifs is 1. The van der Waals surface area contributed by atoms with Gasteiger partial charge in [0.25, 0.3) is 5.91 Å². The van der Waals surface area contributed by atoms with E-state index in [0.29, 0.717) is 21.7 Å². The first-order valence-corrected chi connectivity index (χ1v) is 10.3. The number of hydrogen-bond donors (Lipinski definition) is 0. The summed E-state index contributed by atoms with van der Waals surface area (Å²) < 4.78 is 11.8. The van der Waals surface area contributed by atoms with Gasteiger partial charge in [0.1, 0.15) is 11.5 Å². The first-order valence-electron chi connectivity index (χ1n) is 9.15. The monoisotopic (exact) mass is 439 g/mol. The van der Waals surface area contributed by atoms with Crippen LogP contribution in [-0.2, 0) is 11.3 Å². The van der Waals surface area contributed by atoms with Crippen molar-refractivity contribution in [3.63, 3.8) is 0 Å². The highest BCUT2D eigenvalue weighted by atomic mass is 35.5. The number of ether oxygens (including phenoxy) is 2. The number of methoxy groups -OCH3 is 1. The van der Waals surface area contributed by atoms with Gasteiger partial charge in [0.05, 0.1) is 29.6 Å². The molecule has 0 radical (unpaired) electrons. The lowest BCUT2D eigenvalue weighted by Crippen LogP contribution is -2.34. The van der Waals surface area contributed by atoms with E-state index in [1.165, 1.54) is 11.3 Å². The first-order chi connectivity index (χ1) is 14.6. The molecule has 2 aromatic carbocycles. The fourth-order valence-corrected chi connectivity index (χ4v) is 4.09. The van der Waals surface area contributed by atoms with Gasteiger partial charge in [0.15, 0.2) is 11.7 Å². The Labute approximate surface area is 182 Å². The second-order valence-electron chi connectivity index (χ2n) is 6.38. The van der Waals surface area contributed by atoms with Gasteiger partial charge in [-0.2, -0.15) is 0 Å². The number of benzene rings is 2. The fourth-order valence-electron chi connectivity index (χ4n) is 2.83. The molecule has 4 aromatic rings. The first kappa shape index (κ1) is 20.1. The van der Waals surface area contributed by atoms with Crippen molar-refractivity contribution in [3.8, 4) is 11.5 Å². The van der Waals surface area contributed by atoms with Crippen LogP contribution in [0.2, 0.25) is 5.02 Å². The van der Waals surface area contributed by atoms with Crippen LogP contribution >= 0.6 is 22.9 Å². The number of thiazole rings is 1. The highest BCUT2D eigenvalue weighted by molar-refractivity contribution is 7.22. The van der Waals surface area contributed by atoms with Crippen molar-refractivity contribution in [1.82, 2.24) is 9.97 Å². The van der Waals surface area contributed by atoms with E-state index >= 15 is 0 Å². The van der Waals surface area contributed by atoms with Gasteiger partial charge in [-0.3, -0.25) is 14.7 Å². The molecule has 0 unspecified atom stereocenters. The van der Waals surface area contributed by atoms with Crippen LogP contribution in [0, 0.1) is 0 Å². The molecule has 0 saturated heterocycles. The Balaban J connectivity index is 1.59. The second kappa shape index (κ2) is 9.11. The molecule has 0 aliphatic carbocycles. The Morgan fingerprint density at radius 2 is 1.97 bits per heavy atom. The lowest BCUT2D eigenvalue weighted by Gasteiger charge is -2.19. The average molecular weight is 440 g/mol. The highest BCUT2D eigenvalue weighted by Crippen LogP contribution is 2.31. The molecule has 0 N–H and O–H groups in total. The second-order valence-corrected chi connectivity index (χ2v) is 7.82. The molecule has 0 spiro atoms. The third-order valence-electron chi connectivity index (χ3n) is 4.32. The van der Waals surface area contributed by atoms with Crippen LogP contribution in [0.3, 0.4) is 0 Å². The topological polar surface area (TPSA) is 64.6 Å². The number of halogens is 1. The molecule has 30 heavy (non-hydrogen) atoms. The number of hydrogen-bond acceptors (Lipinski definition) is 6. The third kappa shape index (κ3) is 4.69. The summed E-state index contributed by atoms with van der Waals surface area (Å²) in [7, 11) is 1.58. The van der Waals surface area contributed by atoms with Crippen molar-refractivity contribution in [2.45, 2.75) is 6.54 Å². The van der Waals surface area contributed by atoms with Gasteiger partial charge < -0.3 is 9.47 Å². The van der Waals surface area contributed by atoms with Crippen molar-refractivity contribution in [2.75, 3.05) is 18.6 Å². The molecule has 2 heterocycles. The molecule has 0 saturated carbocycles.